The van der Waals surface area contributed by atoms with Gasteiger partial charge in [0.05, 0.1) is 12.7 Å². The quantitative estimate of drug-likeness (QED) is 0.860. The molecular weight excluding hydrogens is 348 g/mol. The number of furan rings is 1. The predicted molar refractivity (Wildman–Crippen MR) is 109 cm³/mol. The molecule has 1 fully saturated rings. The summed E-state index contributed by atoms with van der Waals surface area (Å²) in [5.74, 6) is 0.613. The molecule has 1 saturated heterocycles. The minimum absolute atomic E-state index is 0. The van der Waals surface area contributed by atoms with Crippen LogP contribution in [-0.4, -0.2) is 29.9 Å². The molecule has 1 amide bonds. The lowest BCUT2D eigenvalue weighted by atomic mass is 9.79. The summed E-state index contributed by atoms with van der Waals surface area (Å²) in [6.45, 7) is 12.2. The van der Waals surface area contributed by atoms with Gasteiger partial charge in [-0.25, -0.2) is 0 Å². The Morgan fingerprint density at radius 1 is 1.38 bits per heavy atom. The van der Waals surface area contributed by atoms with Crippen molar-refractivity contribution in [3.8, 4) is 0 Å². The van der Waals surface area contributed by atoms with Gasteiger partial charge >= 0.3 is 0 Å². The first-order valence-electron chi connectivity index (χ1n) is 9.23. The molecule has 0 spiro atoms. The van der Waals surface area contributed by atoms with Crippen molar-refractivity contribution in [2.75, 3.05) is 13.1 Å². The van der Waals surface area contributed by atoms with Crippen LogP contribution in [0.25, 0.3) is 11.0 Å². The van der Waals surface area contributed by atoms with Crippen LogP contribution in [0, 0.1) is 12.3 Å². The number of benzene rings is 1. The van der Waals surface area contributed by atoms with E-state index in [-0.39, 0.29) is 29.8 Å². The number of aryl methyl sites for hydroxylation is 1. The van der Waals surface area contributed by atoms with Gasteiger partial charge in [-0.15, -0.1) is 12.4 Å². The average molecular weight is 379 g/mol. The summed E-state index contributed by atoms with van der Waals surface area (Å²) in [6.07, 6.45) is 2.99. The topological polar surface area (TPSA) is 59.5 Å². The fraction of sp³-hybridized carbons (Fsp3) is 0.571. The number of piperidine rings is 1. The summed E-state index contributed by atoms with van der Waals surface area (Å²) in [6, 6.07) is 4.43. The van der Waals surface area contributed by atoms with E-state index in [9.17, 15) is 4.79 Å². The number of fused-ring (bicyclic) bond motifs is 1. The van der Waals surface area contributed by atoms with Crippen molar-refractivity contribution in [1.29, 1.82) is 0 Å². The summed E-state index contributed by atoms with van der Waals surface area (Å²) in [5.41, 5.74) is 10.6. The van der Waals surface area contributed by atoms with Crippen molar-refractivity contribution in [3.63, 3.8) is 0 Å². The summed E-state index contributed by atoms with van der Waals surface area (Å²) in [7, 11) is 0. The highest BCUT2D eigenvalue weighted by Crippen LogP contribution is 2.31. The fourth-order valence-electron chi connectivity index (χ4n) is 3.87. The molecule has 144 valence electrons. The van der Waals surface area contributed by atoms with Gasteiger partial charge in [-0.2, -0.15) is 0 Å². The smallest absolute Gasteiger partial charge is 0.227 e. The number of hydrogen-bond acceptors (Lipinski definition) is 3. The number of halogens is 1. The van der Waals surface area contributed by atoms with Crippen LogP contribution in [-0.2, 0) is 11.2 Å². The molecule has 26 heavy (non-hydrogen) atoms. The molecule has 1 unspecified atom stereocenters. The molecule has 5 heteroatoms. The molecular formula is C21H31ClN2O2. The van der Waals surface area contributed by atoms with Crippen molar-refractivity contribution in [2.45, 2.75) is 59.4 Å². The van der Waals surface area contributed by atoms with Crippen LogP contribution in [0.3, 0.4) is 0 Å². The summed E-state index contributed by atoms with van der Waals surface area (Å²) in [5, 5.41) is 1.07. The lowest BCUT2D eigenvalue weighted by Crippen LogP contribution is -2.54. The number of likely N-dealkylation sites (tertiary alicyclic amines) is 1. The Hall–Kier alpha value is -1.52. The zero-order valence-corrected chi connectivity index (χ0v) is 17.3. The maximum Gasteiger partial charge on any atom is 0.227 e. The van der Waals surface area contributed by atoms with E-state index in [1.54, 1.807) is 6.26 Å². The second-order valence-electron chi connectivity index (χ2n) is 8.50. The molecule has 2 N–H and O–H groups in total. The van der Waals surface area contributed by atoms with Gasteiger partial charge in [-0.1, -0.05) is 27.7 Å². The third-order valence-corrected chi connectivity index (χ3v) is 5.67. The summed E-state index contributed by atoms with van der Waals surface area (Å²) >= 11 is 0. The molecule has 4 nitrogen and oxygen atoms in total. The number of carbonyl (C=O) groups is 1. The standard InChI is InChI=1S/C21H30N2O2.ClH/c1-13(2)16-10-17-15(11-25-18(17)8-14(16)3)9-20(24)23-7-6-19(22)21(4,5)12-23;/h8,10-11,13,19H,6-7,9,12,22H2,1-5H3;1H. The van der Waals surface area contributed by atoms with Crippen molar-refractivity contribution in [3.05, 3.63) is 35.1 Å². The molecule has 0 saturated carbocycles. The number of nitrogens with two attached hydrogens (primary N) is 1. The highest BCUT2D eigenvalue weighted by molar-refractivity contribution is 5.88. The SMILES string of the molecule is Cc1cc2occ(CC(=O)N3CCC(N)C(C)(C)C3)c2cc1C(C)C.Cl. The second-order valence-corrected chi connectivity index (χ2v) is 8.50. The van der Waals surface area contributed by atoms with Crippen LogP contribution >= 0.6 is 12.4 Å². The van der Waals surface area contributed by atoms with Crippen LogP contribution < -0.4 is 5.73 Å². The number of rotatable bonds is 3. The normalized spacial score (nSPS) is 19.7. The van der Waals surface area contributed by atoms with E-state index >= 15 is 0 Å². The maximum atomic E-state index is 12.8. The van der Waals surface area contributed by atoms with Crippen LogP contribution in [0.5, 0.6) is 0 Å². The molecule has 3 rings (SSSR count). The van der Waals surface area contributed by atoms with E-state index < -0.39 is 0 Å². The third-order valence-electron chi connectivity index (χ3n) is 5.67. The van der Waals surface area contributed by atoms with Crippen molar-refractivity contribution < 1.29 is 9.21 Å². The highest BCUT2D eigenvalue weighted by atomic mass is 35.5. The number of amides is 1. The Kier molecular flexibility index (Phi) is 6.09. The van der Waals surface area contributed by atoms with E-state index in [2.05, 4.69) is 46.8 Å². The summed E-state index contributed by atoms with van der Waals surface area (Å²) < 4.78 is 5.72. The lowest BCUT2D eigenvalue weighted by Gasteiger charge is -2.42. The molecule has 0 radical (unpaired) electrons. The molecule has 1 aromatic heterocycles. The van der Waals surface area contributed by atoms with Crippen LogP contribution in [0.1, 0.15) is 56.7 Å². The van der Waals surface area contributed by atoms with Gasteiger partial charge in [0.1, 0.15) is 5.58 Å². The van der Waals surface area contributed by atoms with Gasteiger partial charge in [-0.3, -0.25) is 4.79 Å². The van der Waals surface area contributed by atoms with Gasteiger partial charge in [-0.05, 0) is 47.9 Å². The minimum atomic E-state index is -0.0334. The molecule has 1 aliphatic heterocycles. The number of hydrogen-bond donors (Lipinski definition) is 1. The molecule has 2 aromatic rings. The molecule has 1 aliphatic rings. The Balaban J connectivity index is 0.00000243. The van der Waals surface area contributed by atoms with Crippen molar-refractivity contribution in [1.82, 2.24) is 4.90 Å². The van der Waals surface area contributed by atoms with Crippen LogP contribution in [0.15, 0.2) is 22.8 Å². The Labute approximate surface area is 162 Å². The molecule has 0 aliphatic carbocycles. The van der Waals surface area contributed by atoms with Gasteiger partial charge in [0.15, 0.2) is 0 Å². The average Bonchev–Trinajstić information content (AvgIpc) is 2.90. The van der Waals surface area contributed by atoms with E-state index in [4.69, 9.17) is 10.2 Å². The lowest BCUT2D eigenvalue weighted by molar-refractivity contribution is -0.133. The molecule has 1 atom stereocenters. The van der Waals surface area contributed by atoms with Crippen LogP contribution in [0.2, 0.25) is 0 Å². The second kappa shape index (κ2) is 7.61. The van der Waals surface area contributed by atoms with Gasteiger partial charge in [0.25, 0.3) is 0 Å². The van der Waals surface area contributed by atoms with E-state index in [0.29, 0.717) is 12.3 Å². The van der Waals surface area contributed by atoms with Gasteiger partial charge < -0.3 is 15.1 Å². The first-order chi connectivity index (χ1) is 11.7. The van der Waals surface area contributed by atoms with E-state index in [1.807, 2.05) is 4.90 Å². The van der Waals surface area contributed by atoms with Gasteiger partial charge in [0.2, 0.25) is 5.91 Å². The Morgan fingerprint density at radius 3 is 2.69 bits per heavy atom. The summed E-state index contributed by atoms with van der Waals surface area (Å²) in [4.78, 5) is 14.8. The van der Waals surface area contributed by atoms with Crippen molar-refractivity contribution >= 4 is 29.3 Å². The van der Waals surface area contributed by atoms with E-state index in [1.165, 1.54) is 11.1 Å². The predicted octanol–water partition coefficient (Wildman–Crippen LogP) is 4.41. The number of nitrogens with zero attached hydrogens (tertiary/aromatic N) is 1. The fourth-order valence-corrected chi connectivity index (χ4v) is 3.87. The zero-order chi connectivity index (χ0) is 18.4. The maximum absolute atomic E-state index is 12.8. The molecule has 0 bridgehead atoms. The first-order valence-corrected chi connectivity index (χ1v) is 9.23. The molecule has 2 heterocycles. The molecule has 1 aromatic carbocycles. The highest BCUT2D eigenvalue weighted by Gasteiger charge is 2.35. The largest absolute Gasteiger partial charge is 0.464 e. The minimum Gasteiger partial charge on any atom is -0.464 e. The zero-order valence-electron chi connectivity index (χ0n) is 16.5. The van der Waals surface area contributed by atoms with Crippen molar-refractivity contribution in [2.24, 2.45) is 11.1 Å². The van der Waals surface area contributed by atoms with E-state index in [0.717, 1.165) is 36.0 Å². The van der Waals surface area contributed by atoms with Gasteiger partial charge in [0, 0.05) is 30.1 Å². The Bertz CT molecular complexity index is 795. The monoisotopic (exact) mass is 378 g/mol. The third kappa shape index (κ3) is 3.91. The van der Waals surface area contributed by atoms with Crippen LogP contribution in [0.4, 0.5) is 0 Å². The Morgan fingerprint density at radius 2 is 2.08 bits per heavy atom. The first kappa shape index (κ1) is 20.8. The number of carbonyl (C=O) groups excluding carboxylic acids is 1.